The molecular formula is C16H22N2O3. The maximum absolute atomic E-state index is 12.6. The van der Waals surface area contributed by atoms with Crippen molar-refractivity contribution in [3.8, 4) is 0 Å². The van der Waals surface area contributed by atoms with Crippen LogP contribution < -0.4 is 5.32 Å². The van der Waals surface area contributed by atoms with Gasteiger partial charge in [0.2, 0.25) is 5.91 Å². The predicted molar refractivity (Wildman–Crippen MR) is 79.9 cm³/mol. The first-order valence-electron chi connectivity index (χ1n) is 7.35. The summed E-state index contributed by atoms with van der Waals surface area (Å²) < 4.78 is 0. The van der Waals surface area contributed by atoms with E-state index in [9.17, 15) is 9.59 Å². The summed E-state index contributed by atoms with van der Waals surface area (Å²) in [6, 6.07) is 7.61. The third-order valence-corrected chi connectivity index (χ3v) is 4.09. The van der Waals surface area contributed by atoms with Crippen molar-refractivity contribution < 1.29 is 14.7 Å². The first-order valence-corrected chi connectivity index (χ1v) is 7.35. The van der Waals surface area contributed by atoms with Crippen molar-refractivity contribution in [2.24, 2.45) is 0 Å². The van der Waals surface area contributed by atoms with Crippen LogP contribution in [0.5, 0.6) is 0 Å². The normalized spacial score (nSPS) is 18.7. The van der Waals surface area contributed by atoms with E-state index in [-0.39, 0.29) is 24.5 Å². The number of rotatable bonds is 5. The fourth-order valence-corrected chi connectivity index (χ4v) is 2.65. The molecule has 21 heavy (non-hydrogen) atoms. The molecule has 0 saturated carbocycles. The van der Waals surface area contributed by atoms with Gasteiger partial charge in [0.15, 0.2) is 0 Å². The highest BCUT2D eigenvalue weighted by Crippen LogP contribution is 2.18. The van der Waals surface area contributed by atoms with Gasteiger partial charge in [0.1, 0.15) is 6.54 Å². The summed E-state index contributed by atoms with van der Waals surface area (Å²) in [6.45, 7) is 4.25. The average Bonchev–Trinajstić information content (AvgIpc) is 2.50. The molecule has 5 heteroatoms. The third kappa shape index (κ3) is 3.61. The molecule has 2 N–H and O–H groups in total. The second kappa shape index (κ2) is 6.72. The van der Waals surface area contributed by atoms with Crippen LogP contribution >= 0.6 is 0 Å². The SMILES string of the molecule is CCC(C)N(CC(=O)O)C(=O)C1Cc2ccccc2CN1. The number of aliphatic carboxylic acids is 1. The first-order chi connectivity index (χ1) is 10.0. The molecule has 1 heterocycles. The Bertz CT molecular complexity index is 530. The summed E-state index contributed by atoms with van der Waals surface area (Å²) in [6.07, 6.45) is 1.35. The maximum atomic E-state index is 12.6. The third-order valence-electron chi connectivity index (χ3n) is 4.09. The van der Waals surface area contributed by atoms with Crippen molar-refractivity contribution in [2.75, 3.05) is 6.54 Å². The zero-order valence-corrected chi connectivity index (χ0v) is 12.5. The van der Waals surface area contributed by atoms with Gasteiger partial charge in [0.25, 0.3) is 0 Å². The fraction of sp³-hybridized carbons (Fsp3) is 0.500. The Kier molecular flexibility index (Phi) is 4.96. The number of carbonyl (C=O) groups is 2. The van der Waals surface area contributed by atoms with E-state index >= 15 is 0 Å². The van der Waals surface area contributed by atoms with Crippen molar-refractivity contribution in [1.29, 1.82) is 0 Å². The van der Waals surface area contributed by atoms with Crippen LogP contribution in [0.25, 0.3) is 0 Å². The molecule has 0 saturated heterocycles. The van der Waals surface area contributed by atoms with Gasteiger partial charge in [-0.25, -0.2) is 0 Å². The van der Waals surface area contributed by atoms with Crippen LogP contribution in [0, 0.1) is 0 Å². The van der Waals surface area contributed by atoms with Crippen molar-refractivity contribution in [3.63, 3.8) is 0 Å². The van der Waals surface area contributed by atoms with Crippen molar-refractivity contribution in [2.45, 2.75) is 45.3 Å². The van der Waals surface area contributed by atoms with Crippen LogP contribution in [0.3, 0.4) is 0 Å². The first kappa shape index (κ1) is 15.5. The topological polar surface area (TPSA) is 69.6 Å². The Morgan fingerprint density at radius 1 is 1.38 bits per heavy atom. The number of carbonyl (C=O) groups excluding carboxylic acids is 1. The lowest BCUT2D eigenvalue weighted by Crippen LogP contribution is -2.53. The predicted octanol–water partition coefficient (Wildman–Crippen LogP) is 1.41. The molecule has 1 aromatic rings. The molecule has 0 bridgehead atoms. The Hall–Kier alpha value is -1.88. The number of carboxylic acids is 1. The van der Waals surface area contributed by atoms with Crippen LogP contribution in [0.15, 0.2) is 24.3 Å². The molecule has 114 valence electrons. The van der Waals surface area contributed by atoms with Gasteiger partial charge >= 0.3 is 5.97 Å². The molecule has 0 aromatic heterocycles. The standard InChI is InChI=1S/C16H22N2O3/c1-3-11(2)18(10-15(19)20)16(21)14-8-12-6-4-5-7-13(12)9-17-14/h4-7,11,14,17H,3,8-10H2,1-2H3,(H,19,20). The lowest BCUT2D eigenvalue weighted by atomic mass is 9.95. The Labute approximate surface area is 125 Å². The van der Waals surface area contributed by atoms with E-state index in [0.717, 1.165) is 12.0 Å². The van der Waals surface area contributed by atoms with Gasteiger partial charge in [-0.15, -0.1) is 0 Å². The molecule has 0 spiro atoms. The number of fused-ring (bicyclic) bond motifs is 1. The minimum atomic E-state index is -0.972. The van der Waals surface area contributed by atoms with E-state index in [0.29, 0.717) is 13.0 Å². The van der Waals surface area contributed by atoms with Gasteiger partial charge in [-0.2, -0.15) is 0 Å². The number of nitrogens with zero attached hydrogens (tertiary/aromatic N) is 1. The summed E-state index contributed by atoms with van der Waals surface area (Å²) in [7, 11) is 0. The van der Waals surface area contributed by atoms with Crippen LogP contribution in [-0.4, -0.2) is 40.5 Å². The summed E-state index contributed by atoms with van der Waals surface area (Å²) in [4.78, 5) is 25.1. The average molecular weight is 290 g/mol. The number of nitrogens with one attached hydrogen (secondary N) is 1. The molecule has 2 rings (SSSR count). The lowest BCUT2D eigenvalue weighted by molar-refractivity contribution is -0.147. The molecule has 1 aliphatic rings. The van der Waals surface area contributed by atoms with Crippen LogP contribution in [0.4, 0.5) is 0 Å². The Morgan fingerprint density at radius 3 is 2.67 bits per heavy atom. The van der Waals surface area contributed by atoms with Gasteiger partial charge in [-0.05, 0) is 30.9 Å². The Morgan fingerprint density at radius 2 is 2.05 bits per heavy atom. The Balaban J connectivity index is 2.13. The quantitative estimate of drug-likeness (QED) is 0.860. The van der Waals surface area contributed by atoms with Crippen molar-refractivity contribution in [3.05, 3.63) is 35.4 Å². The monoisotopic (exact) mass is 290 g/mol. The molecule has 1 aliphatic heterocycles. The highest BCUT2D eigenvalue weighted by molar-refractivity contribution is 5.86. The van der Waals surface area contributed by atoms with E-state index in [4.69, 9.17) is 5.11 Å². The summed E-state index contributed by atoms with van der Waals surface area (Å²) in [5, 5.41) is 12.2. The lowest BCUT2D eigenvalue weighted by Gasteiger charge is -2.33. The van der Waals surface area contributed by atoms with Crippen molar-refractivity contribution in [1.82, 2.24) is 10.2 Å². The van der Waals surface area contributed by atoms with Gasteiger partial charge in [-0.3, -0.25) is 9.59 Å². The van der Waals surface area contributed by atoms with E-state index < -0.39 is 5.97 Å². The largest absolute Gasteiger partial charge is 0.480 e. The smallest absolute Gasteiger partial charge is 0.323 e. The second-order valence-corrected chi connectivity index (χ2v) is 5.52. The van der Waals surface area contributed by atoms with Crippen molar-refractivity contribution >= 4 is 11.9 Å². The van der Waals surface area contributed by atoms with Gasteiger partial charge in [0.05, 0.1) is 6.04 Å². The number of carboxylic acid groups (broad SMARTS) is 1. The van der Waals surface area contributed by atoms with E-state index in [1.165, 1.54) is 10.5 Å². The van der Waals surface area contributed by atoms with Crippen LogP contribution in [-0.2, 0) is 22.6 Å². The summed E-state index contributed by atoms with van der Waals surface area (Å²) in [5.41, 5.74) is 2.36. The highest BCUT2D eigenvalue weighted by Gasteiger charge is 2.30. The maximum Gasteiger partial charge on any atom is 0.323 e. The fourth-order valence-electron chi connectivity index (χ4n) is 2.65. The zero-order valence-electron chi connectivity index (χ0n) is 12.5. The molecule has 1 aromatic carbocycles. The minimum Gasteiger partial charge on any atom is -0.480 e. The van der Waals surface area contributed by atoms with Gasteiger partial charge < -0.3 is 15.3 Å². The minimum absolute atomic E-state index is 0.0763. The molecular weight excluding hydrogens is 268 g/mol. The van der Waals surface area contributed by atoms with Crippen LogP contribution in [0.2, 0.25) is 0 Å². The second-order valence-electron chi connectivity index (χ2n) is 5.52. The van der Waals surface area contributed by atoms with E-state index in [2.05, 4.69) is 5.32 Å². The van der Waals surface area contributed by atoms with E-state index in [1.54, 1.807) is 0 Å². The molecule has 2 atom stereocenters. The number of hydrogen-bond acceptors (Lipinski definition) is 3. The molecule has 5 nitrogen and oxygen atoms in total. The number of hydrogen-bond donors (Lipinski definition) is 2. The molecule has 0 fully saturated rings. The van der Waals surface area contributed by atoms with E-state index in [1.807, 2.05) is 38.1 Å². The highest BCUT2D eigenvalue weighted by atomic mass is 16.4. The number of benzene rings is 1. The molecule has 0 radical (unpaired) electrons. The zero-order chi connectivity index (χ0) is 15.4. The molecule has 1 amide bonds. The number of amides is 1. The molecule has 2 unspecified atom stereocenters. The summed E-state index contributed by atoms with van der Waals surface area (Å²) in [5.74, 6) is -1.10. The summed E-state index contributed by atoms with van der Waals surface area (Å²) >= 11 is 0. The molecule has 0 aliphatic carbocycles. The van der Waals surface area contributed by atoms with Crippen LogP contribution in [0.1, 0.15) is 31.4 Å². The van der Waals surface area contributed by atoms with Gasteiger partial charge in [-0.1, -0.05) is 31.2 Å². The van der Waals surface area contributed by atoms with Gasteiger partial charge in [0, 0.05) is 12.6 Å².